The van der Waals surface area contributed by atoms with Crippen LogP contribution in [-0.2, 0) is 5.41 Å². The molecular formula is C32H22N4. The number of benzene rings is 4. The first kappa shape index (κ1) is 20.6. The summed E-state index contributed by atoms with van der Waals surface area (Å²) in [4.78, 5) is 9.47. The van der Waals surface area contributed by atoms with Crippen LogP contribution in [-0.4, -0.2) is 14.5 Å². The molecule has 6 aromatic rings. The Morgan fingerprint density at radius 2 is 1.50 bits per heavy atom. The Labute approximate surface area is 209 Å². The highest BCUT2D eigenvalue weighted by Gasteiger charge is 2.36. The molecule has 0 N–H and O–H groups in total. The highest BCUT2D eigenvalue weighted by molar-refractivity contribution is 6.11. The third kappa shape index (κ3) is 2.74. The van der Waals surface area contributed by atoms with Gasteiger partial charge < -0.3 is 0 Å². The maximum atomic E-state index is 10.0. The number of hydrogen-bond donors (Lipinski definition) is 0. The highest BCUT2D eigenvalue weighted by Crippen LogP contribution is 2.50. The van der Waals surface area contributed by atoms with Gasteiger partial charge in [-0.3, -0.25) is 4.57 Å². The molecule has 36 heavy (non-hydrogen) atoms. The Balaban J connectivity index is 1.59. The third-order valence-corrected chi connectivity index (χ3v) is 7.51. The Kier molecular flexibility index (Phi) is 4.22. The molecule has 2 aromatic heterocycles. The summed E-state index contributed by atoms with van der Waals surface area (Å²) in [5.41, 5.74) is 8.51. The molecule has 1 aliphatic carbocycles. The first-order valence-corrected chi connectivity index (χ1v) is 12.1. The van der Waals surface area contributed by atoms with Gasteiger partial charge in [-0.15, -0.1) is 0 Å². The molecule has 0 radical (unpaired) electrons. The standard InChI is InChI=1S/C32H22N4/c1-32(2)26-14-8-6-12-22(26)24-16-25-23-13-7-9-15-28(23)36(29(25)17-27(24)32)31-21(18-33)19-34-30(35-31)20-10-4-3-5-11-20/h3-17,19H,1-2H3. The van der Waals surface area contributed by atoms with Gasteiger partial charge >= 0.3 is 0 Å². The van der Waals surface area contributed by atoms with Crippen molar-refractivity contribution in [1.29, 1.82) is 5.26 Å². The van der Waals surface area contributed by atoms with Crippen molar-refractivity contribution in [2.45, 2.75) is 19.3 Å². The van der Waals surface area contributed by atoms with Gasteiger partial charge in [-0.1, -0.05) is 86.6 Å². The van der Waals surface area contributed by atoms with Gasteiger partial charge in [0.1, 0.15) is 11.6 Å². The summed E-state index contributed by atoms with van der Waals surface area (Å²) >= 11 is 0. The predicted molar refractivity (Wildman–Crippen MR) is 144 cm³/mol. The lowest BCUT2D eigenvalue weighted by molar-refractivity contribution is 0.661. The normalized spacial score (nSPS) is 13.5. The quantitative estimate of drug-likeness (QED) is 0.269. The summed E-state index contributed by atoms with van der Waals surface area (Å²) in [6.45, 7) is 4.57. The van der Waals surface area contributed by atoms with Gasteiger partial charge in [-0.25, -0.2) is 9.97 Å². The molecule has 4 aromatic carbocycles. The predicted octanol–water partition coefficient (Wildman–Crippen LogP) is 7.42. The SMILES string of the molecule is CC1(C)c2ccccc2-c2cc3c4ccccc4n(-c4nc(-c5ccccc5)ncc4C#N)c3cc21. The molecule has 1 aliphatic rings. The number of hydrogen-bond acceptors (Lipinski definition) is 3. The van der Waals surface area contributed by atoms with E-state index in [1.165, 1.54) is 22.3 Å². The molecule has 0 aliphatic heterocycles. The molecule has 0 saturated heterocycles. The molecule has 0 atom stereocenters. The van der Waals surface area contributed by atoms with E-state index in [1.54, 1.807) is 6.20 Å². The molecule has 0 bridgehead atoms. The van der Waals surface area contributed by atoms with Crippen LogP contribution in [0.2, 0.25) is 0 Å². The number of nitrogens with zero attached hydrogens (tertiary/aromatic N) is 4. The molecule has 0 amide bonds. The number of nitriles is 1. The fourth-order valence-corrected chi connectivity index (χ4v) is 5.74. The minimum Gasteiger partial charge on any atom is -0.293 e. The third-order valence-electron chi connectivity index (χ3n) is 7.51. The van der Waals surface area contributed by atoms with Gasteiger partial charge in [0.25, 0.3) is 0 Å². The van der Waals surface area contributed by atoms with Gasteiger partial charge in [-0.2, -0.15) is 5.26 Å². The minimum atomic E-state index is -0.125. The Morgan fingerprint density at radius 1 is 0.750 bits per heavy atom. The van der Waals surface area contributed by atoms with Gasteiger partial charge in [0, 0.05) is 21.8 Å². The topological polar surface area (TPSA) is 54.5 Å². The average molecular weight is 463 g/mol. The largest absolute Gasteiger partial charge is 0.293 e. The molecule has 2 heterocycles. The van der Waals surface area contributed by atoms with E-state index in [4.69, 9.17) is 4.98 Å². The lowest BCUT2D eigenvalue weighted by Crippen LogP contribution is -2.15. The van der Waals surface area contributed by atoms with E-state index in [0.29, 0.717) is 17.2 Å². The number of para-hydroxylation sites is 1. The fourth-order valence-electron chi connectivity index (χ4n) is 5.74. The molecule has 170 valence electrons. The number of fused-ring (bicyclic) bond motifs is 6. The van der Waals surface area contributed by atoms with Gasteiger partial charge in [-0.05, 0) is 40.5 Å². The maximum absolute atomic E-state index is 10.0. The zero-order valence-electron chi connectivity index (χ0n) is 20.0. The van der Waals surface area contributed by atoms with Gasteiger partial charge in [0.2, 0.25) is 0 Å². The molecule has 0 unspecified atom stereocenters. The molecule has 0 fully saturated rings. The van der Waals surface area contributed by atoms with Crippen LogP contribution >= 0.6 is 0 Å². The summed E-state index contributed by atoms with van der Waals surface area (Å²) < 4.78 is 2.14. The lowest BCUT2D eigenvalue weighted by atomic mass is 9.82. The van der Waals surface area contributed by atoms with E-state index in [9.17, 15) is 5.26 Å². The fraction of sp³-hybridized carbons (Fsp3) is 0.0938. The van der Waals surface area contributed by atoms with Crippen molar-refractivity contribution in [3.8, 4) is 34.4 Å². The Morgan fingerprint density at radius 3 is 2.33 bits per heavy atom. The van der Waals surface area contributed by atoms with Crippen molar-refractivity contribution < 1.29 is 0 Å². The van der Waals surface area contributed by atoms with Crippen LogP contribution in [0.5, 0.6) is 0 Å². The summed E-state index contributed by atoms with van der Waals surface area (Å²) in [5, 5.41) is 12.3. The van der Waals surface area contributed by atoms with E-state index in [0.717, 1.165) is 27.4 Å². The molecule has 4 heteroatoms. The van der Waals surface area contributed by atoms with Crippen molar-refractivity contribution in [3.05, 3.63) is 114 Å². The van der Waals surface area contributed by atoms with Gasteiger partial charge in [0.15, 0.2) is 11.6 Å². The average Bonchev–Trinajstić information content (AvgIpc) is 3.36. The summed E-state index contributed by atoms with van der Waals surface area (Å²) in [6.07, 6.45) is 1.64. The maximum Gasteiger partial charge on any atom is 0.161 e. The second kappa shape index (κ2) is 7.37. The Hall–Kier alpha value is -4.75. The van der Waals surface area contributed by atoms with Crippen LogP contribution in [0.25, 0.3) is 50.1 Å². The van der Waals surface area contributed by atoms with Crippen molar-refractivity contribution >= 4 is 21.8 Å². The number of aromatic nitrogens is 3. The van der Waals surface area contributed by atoms with Crippen LogP contribution in [0, 0.1) is 11.3 Å². The number of rotatable bonds is 2. The molecule has 4 nitrogen and oxygen atoms in total. The van der Waals surface area contributed by atoms with Crippen LogP contribution < -0.4 is 0 Å². The minimum absolute atomic E-state index is 0.125. The van der Waals surface area contributed by atoms with Crippen LogP contribution in [0.15, 0.2) is 97.2 Å². The van der Waals surface area contributed by atoms with E-state index < -0.39 is 0 Å². The summed E-state index contributed by atoms with van der Waals surface area (Å²) in [7, 11) is 0. The zero-order valence-corrected chi connectivity index (χ0v) is 20.0. The van der Waals surface area contributed by atoms with Crippen molar-refractivity contribution in [2.24, 2.45) is 0 Å². The van der Waals surface area contributed by atoms with Crippen LogP contribution in [0.1, 0.15) is 30.5 Å². The molecule has 7 rings (SSSR count). The molecular weight excluding hydrogens is 440 g/mol. The monoisotopic (exact) mass is 462 g/mol. The van der Waals surface area contributed by atoms with Crippen molar-refractivity contribution in [2.75, 3.05) is 0 Å². The van der Waals surface area contributed by atoms with Crippen LogP contribution in [0.4, 0.5) is 0 Å². The summed E-state index contributed by atoms with van der Waals surface area (Å²) in [6, 6.07) is 33.9. The van der Waals surface area contributed by atoms with E-state index in [2.05, 4.69) is 84.1 Å². The first-order chi connectivity index (χ1) is 17.6. The van der Waals surface area contributed by atoms with E-state index in [1.807, 2.05) is 36.4 Å². The summed E-state index contributed by atoms with van der Waals surface area (Å²) in [5.74, 6) is 1.20. The van der Waals surface area contributed by atoms with E-state index in [-0.39, 0.29) is 5.41 Å². The first-order valence-electron chi connectivity index (χ1n) is 12.1. The van der Waals surface area contributed by atoms with E-state index >= 15 is 0 Å². The molecule has 0 spiro atoms. The van der Waals surface area contributed by atoms with Crippen molar-refractivity contribution in [1.82, 2.24) is 14.5 Å². The second-order valence-corrected chi connectivity index (χ2v) is 9.85. The molecule has 0 saturated carbocycles. The second-order valence-electron chi connectivity index (χ2n) is 9.85. The highest BCUT2D eigenvalue weighted by atomic mass is 15.1. The smallest absolute Gasteiger partial charge is 0.161 e. The Bertz CT molecular complexity index is 1870. The van der Waals surface area contributed by atoms with Crippen LogP contribution in [0.3, 0.4) is 0 Å². The zero-order chi connectivity index (χ0) is 24.4. The van der Waals surface area contributed by atoms with Crippen molar-refractivity contribution in [3.63, 3.8) is 0 Å². The van der Waals surface area contributed by atoms with Gasteiger partial charge in [0.05, 0.1) is 17.2 Å². The lowest BCUT2D eigenvalue weighted by Gasteiger charge is -2.21.